The van der Waals surface area contributed by atoms with Gasteiger partial charge in [0.1, 0.15) is 5.69 Å². The summed E-state index contributed by atoms with van der Waals surface area (Å²) in [6, 6.07) is 0. The third-order valence-electron chi connectivity index (χ3n) is 3.15. The first-order valence-corrected chi connectivity index (χ1v) is 7.46. The summed E-state index contributed by atoms with van der Waals surface area (Å²) in [7, 11) is 0. The summed E-state index contributed by atoms with van der Waals surface area (Å²) >= 11 is 1.99. The molecule has 0 N–H and O–H groups in total. The zero-order valence-corrected chi connectivity index (χ0v) is 11.1. The molecule has 0 saturated carbocycles. The highest BCUT2D eigenvalue weighted by Gasteiger charge is 2.20. The molecule has 4 nitrogen and oxygen atoms in total. The molecule has 1 saturated heterocycles. The number of carbonyl (C=O) groups excluding carboxylic acids is 1. The van der Waals surface area contributed by atoms with Crippen LogP contribution in [0.2, 0.25) is 0 Å². The minimum atomic E-state index is 0.209. The molecule has 0 spiro atoms. The third-order valence-corrected chi connectivity index (χ3v) is 4.20. The second kappa shape index (κ2) is 6.19. The van der Waals surface area contributed by atoms with Crippen molar-refractivity contribution in [2.45, 2.75) is 39.2 Å². The van der Waals surface area contributed by atoms with Gasteiger partial charge >= 0.3 is 0 Å². The van der Waals surface area contributed by atoms with E-state index in [2.05, 4.69) is 17.2 Å². The Balaban J connectivity index is 1.96. The van der Waals surface area contributed by atoms with E-state index in [0.29, 0.717) is 18.0 Å². The molecule has 1 aliphatic heterocycles. The monoisotopic (exact) mass is 253 g/mol. The van der Waals surface area contributed by atoms with Crippen LogP contribution in [0, 0.1) is 5.92 Å². The van der Waals surface area contributed by atoms with Gasteiger partial charge in [-0.25, -0.2) is 4.68 Å². The van der Waals surface area contributed by atoms with Gasteiger partial charge < -0.3 is 0 Å². The number of nitrogens with zero attached hydrogens (tertiary/aromatic N) is 3. The first-order valence-electron chi connectivity index (χ1n) is 6.30. The normalized spacial score (nSPS) is 17.2. The predicted octanol–water partition coefficient (Wildman–Crippen LogP) is 2.40. The van der Waals surface area contributed by atoms with Gasteiger partial charge in [-0.3, -0.25) is 4.79 Å². The summed E-state index contributed by atoms with van der Waals surface area (Å²) in [4.78, 5) is 12.2. The average molecular weight is 253 g/mol. The summed E-state index contributed by atoms with van der Waals surface area (Å²) in [5.41, 5.74) is 0.685. The van der Waals surface area contributed by atoms with Crippen LogP contribution in [0.5, 0.6) is 0 Å². The molecule has 1 aromatic heterocycles. The molecule has 17 heavy (non-hydrogen) atoms. The molecule has 0 atom stereocenters. The first kappa shape index (κ1) is 12.6. The summed E-state index contributed by atoms with van der Waals surface area (Å²) in [6.45, 7) is 2.86. The van der Waals surface area contributed by atoms with E-state index in [1.165, 1.54) is 24.3 Å². The fraction of sp³-hybridized carbons (Fsp3) is 0.750. The van der Waals surface area contributed by atoms with Gasteiger partial charge in [-0.1, -0.05) is 12.1 Å². The number of carbonyl (C=O) groups is 1. The van der Waals surface area contributed by atoms with Crippen molar-refractivity contribution in [1.29, 1.82) is 0 Å². The molecule has 2 rings (SSSR count). The van der Waals surface area contributed by atoms with Crippen LogP contribution >= 0.6 is 11.8 Å². The van der Waals surface area contributed by atoms with Gasteiger partial charge in [-0.2, -0.15) is 11.8 Å². The van der Waals surface area contributed by atoms with E-state index >= 15 is 0 Å². The fourth-order valence-electron chi connectivity index (χ4n) is 2.17. The number of hydrogen-bond acceptors (Lipinski definition) is 4. The standard InChI is InChI=1S/C12H19N3OS/c1-2-5-15-11(9-13-14-15)12(16)8-10-3-6-17-7-4-10/h9-10H,2-8H2,1H3. The largest absolute Gasteiger partial charge is 0.292 e. The maximum Gasteiger partial charge on any atom is 0.182 e. The fourth-order valence-corrected chi connectivity index (χ4v) is 3.37. The van der Waals surface area contributed by atoms with E-state index in [0.717, 1.165) is 13.0 Å². The molecule has 1 aromatic rings. The lowest BCUT2D eigenvalue weighted by atomic mass is 9.95. The molecule has 94 valence electrons. The van der Waals surface area contributed by atoms with Gasteiger partial charge in [-0.05, 0) is 36.7 Å². The molecule has 1 fully saturated rings. The Kier molecular flexibility index (Phi) is 4.59. The number of hydrogen-bond donors (Lipinski definition) is 0. The van der Waals surface area contributed by atoms with Gasteiger partial charge in [0.25, 0.3) is 0 Å². The molecule has 0 bridgehead atoms. The Morgan fingerprint density at radius 3 is 3.00 bits per heavy atom. The zero-order valence-electron chi connectivity index (χ0n) is 10.3. The SMILES string of the molecule is CCCn1nncc1C(=O)CC1CCSCC1. The Morgan fingerprint density at radius 2 is 2.29 bits per heavy atom. The van der Waals surface area contributed by atoms with E-state index in [-0.39, 0.29) is 5.78 Å². The lowest BCUT2D eigenvalue weighted by molar-refractivity contribution is 0.0948. The number of aryl methyl sites for hydroxylation is 1. The molecule has 0 aliphatic carbocycles. The molecule has 1 aliphatic rings. The Bertz CT molecular complexity index is 372. The highest BCUT2D eigenvalue weighted by Crippen LogP contribution is 2.26. The molecule has 0 aromatic carbocycles. The summed E-state index contributed by atoms with van der Waals surface area (Å²) in [5, 5.41) is 7.80. The van der Waals surface area contributed by atoms with Gasteiger partial charge in [0, 0.05) is 13.0 Å². The van der Waals surface area contributed by atoms with Crippen LogP contribution < -0.4 is 0 Å². The van der Waals surface area contributed by atoms with E-state index in [1.54, 1.807) is 10.9 Å². The lowest BCUT2D eigenvalue weighted by Crippen LogP contribution is -2.17. The van der Waals surface area contributed by atoms with Gasteiger partial charge in [0.2, 0.25) is 0 Å². The van der Waals surface area contributed by atoms with Crippen molar-refractivity contribution in [1.82, 2.24) is 15.0 Å². The van der Waals surface area contributed by atoms with Crippen LogP contribution in [0.25, 0.3) is 0 Å². The second-order valence-electron chi connectivity index (χ2n) is 4.53. The summed E-state index contributed by atoms with van der Waals surface area (Å²) in [5.74, 6) is 3.17. The van der Waals surface area contributed by atoms with E-state index in [4.69, 9.17) is 0 Å². The zero-order chi connectivity index (χ0) is 12.1. The van der Waals surface area contributed by atoms with E-state index in [9.17, 15) is 4.79 Å². The number of Topliss-reactive ketones (excluding diaryl/α,β-unsaturated/α-hetero) is 1. The van der Waals surface area contributed by atoms with Crippen LogP contribution in [0.3, 0.4) is 0 Å². The van der Waals surface area contributed by atoms with E-state index in [1.807, 2.05) is 11.8 Å². The highest BCUT2D eigenvalue weighted by atomic mass is 32.2. The maximum absolute atomic E-state index is 12.2. The molecule has 2 heterocycles. The van der Waals surface area contributed by atoms with Crippen molar-refractivity contribution in [2.75, 3.05) is 11.5 Å². The quantitative estimate of drug-likeness (QED) is 0.756. The third kappa shape index (κ3) is 3.31. The molecule has 0 unspecified atom stereocenters. The molecular formula is C12H19N3OS. The van der Waals surface area contributed by atoms with Crippen molar-refractivity contribution in [3.63, 3.8) is 0 Å². The molecule has 0 amide bonds. The van der Waals surface area contributed by atoms with Crippen LogP contribution in [-0.2, 0) is 6.54 Å². The minimum Gasteiger partial charge on any atom is -0.292 e. The van der Waals surface area contributed by atoms with Gasteiger partial charge in [0.15, 0.2) is 5.78 Å². The number of ketones is 1. The van der Waals surface area contributed by atoms with Crippen molar-refractivity contribution in [3.8, 4) is 0 Å². The number of aromatic nitrogens is 3. The summed E-state index contributed by atoms with van der Waals surface area (Å²) in [6.07, 6.45) is 5.59. The first-order chi connectivity index (χ1) is 8.31. The number of rotatable bonds is 5. The van der Waals surface area contributed by atoms with Gasteiger partial charge in [-0.15, -0.1) is 5.10 Å². The molecule has 5 heteroatoms. The lowest BCUT2D eigenvalue weighted by Gasteiger charge is -2.20. The van der Waals surface area contributed by atoms with Crippen LogP contribution in [0.1, 0.15) is 43.1 Å². The van der Waals surface area contributed by atoms with Crippen molar-refractivity contribution >= 4 is 17.5 Å². The van der Waals surface area contributed by atoms with Crippen molar-refractivity contribution in [2.24, 2.45) is 5.92 Å². The maximum atomic E-state index is 12.2. The Morgan fingerprint density at radius 1 is 1.53 bits per heavy atom. The van der Waals surface area contributed by atoms with Crippen LogP contribution in [0.4, 0.5) is 0 Å². The number of thioether (sulfide) groups is 1. The summed E-state index contributed by atoms with van der Waals surface area (Å²) < 4.78 is 1.74. The van der Waals surface area contributed by atoms with Gasteiger partial charge in [0.05, 0.1) is 6.20 Å². The molecule has 0 radical (unpaired) electrons. The topological polar surface area (TPSA) is 47.8 Å². The molecular weight excluding hydrogens is 234 g/mol. The second-order valence-corrected chi connectivity index (χ2v) is 5.75. The highest BCUT2D eigenvalue weighted by molar-refractivity contribution is 7.99. The van der Waals surface area contributed by atoms with E-state index < -0.39 is 0 Å². The smallest absolute Gasteiger partial charge is 0.182 e. The van der Waals surface area contributed by atoms with Crippen LogP contribution in [-0.4, -0.2) is 32.3 Å². The predicted molar refractivity (Wildman–Crippen MR) is 69.3 cm³/mol. The van der Waals surface area contributed by atoms with Crippen LogP contribution in [0.15, 0.2) is 6.20 Å². The van der Waals surface area contributed by atoms with Crippen molar-refractivity contribution < 1.29 is 4.79 Å². The Labute approximate surface area is 106 Å². The Hall–Kier alpha value is -0.840. The van der Waals surface area contributed by atoms with Crippen molar-refractivity contribution in [3.05, 3.63) is 11.9 Å². The minimum absolute atomic E-state index is 0.209. The average Bonchev–Trinajstić information content (AvgIpc) is 2.79.